The van der Waals surface area contributed by atoms with Crippen LogP contribution in [-0.4, -0.2) is 37.1 Å². The lowest BCUT2D eigenvalue weighted by Crippen LogP contribution is -2.17. The van der Waals surface area contributed by atoms with Gasteiger partial charge < -0.3 is 30.6 Å². The van der Waals surface area contributed by atoms with Crippen molar-refractivity contribution in [2.45, 2.75) is 12.8 Å². The molecule has 0 aliphatic heterocycles. The first kappa shape index (κ1) is 22.8. The highest BCUT2D eigenvalue weighted by Gasteiger charge is 2.30. The lowest BCUT2D eigenvalue weighted by Gasteiger charge is -2.14. The second-order valence-corrected chi connectivity index (χ2v) is 6.55. The summed E-state index contributed by atoms with van der Waals surface area (Å²) in [5, 5.41) is 6.11. The monoisotopic (exact) mass is 449 g/mol. The van der Waals surface area contributed by atoms with E-state index >= 15 is 0 Å². The van der Waals surface area contributed by atoms with Gasteiger partial charge in [0, 0.05) is 12.2 Å². The SMILES string of the molecule is COc1ccc(CCNc2ncnc(Nc3ccc(OC(F)(F)F)cc3)c2N)cc1OC. The number of hydrogen-bond donors (Lipinski definition) is 3. The summed E-state index contributed by atoms with van der Waals surface area (Å²) in [6.07, 6.45) is -2.74. The minimum absolute atomic E-state index is 0.274. The van der Waals surface area contributed by atoms with E-state index < -0.39 is 6.36 Å². The number of nitrogens with zero attached hydrogens (tertiary/aromatic N) is 2. The van der Waals surface area contributed by atoms with Gasteiger partial charge in [-0.25, -0.2) is 9.97 Å². The van der Waals surface area contributed by atoms with E-state index in [0.717, 1.165) is 5.56 Å². The predicted molar refractivity (Wildman–Crippen MR) is 115 cm³/mol. The second kappa shape index (κ2) is 9.94. The van der Waals surface area contributed by atoms with Crippen LogP contribution >= 0.6 is 0 Å². The van der Waals surface area contributed by atoms with E-state index in [2.05, 4.69) is 25.3 Å². The zero-order valence-corrected chi connectivity index (χ0v) is 17.4. The van der Waals surface area contributed by atoms with Crippen molar-refractivity contribution in [1.29, 1.82) is 0 Å². The molecule has 0 aliphatic rings. The number of anilines is 4. The number of ether oxygens (including phenoxy) is 3. The van der Waals surface area contributed by atoms with Crippen molar-refractivity contribution in [3.8, 4) is 17.2 Å². The number of methoxy groups -OCH3 is 2. The summed E-state index contributed by atoms with van der Waals surface area (Å²) in [5.74, 6) is 1.72. The number of nitrogens with one attached hydrogen (secondary N) is 2. The van der Waals surface area contributed by atoms with E-state index in [1.54, 1.807) is 14.2 Å². The van der Waals surface area contributed by atoms with Gasteiger partial charge in [0.2, 0.25) is 0 Å². The van der Waals surface area contributed by atoms with E-state index in [1.807, 2.05) is 18.2 Å². The third-order valence-corrected chi connectivity index (χ3v) is 4.39. The van der Waals surface area contributed by atoms with E-state index in [4.69, 9.17) is 15.2 Å². The smallest absolute Gasteiger partial charge is 0.493 e. The minimum Gasteiger partial charge on any atom is -0.493 e. The van der Waals surface area contributed by atoms with Gasteiger partial charge in [-0.15, -0.1) is 13.2 Å². The fourth-order valence-corrected chi connectivity index (χ4v) is 2.87. The quantitative estimate of drug-likeness (QED) is 0.442. The molecule has 3 aromatic rings. The third-order valence-electron chi connectivity index (χ3n) is 4.39. The highest BCUT2D eigenvalue weighted by Crippen LogP contribution is 2.29. The van der Waals surface area contributed by atoms with Crippen molar-refractivity contribution in [1.82, 2.24) is 9.97 Å². The molecule has 170 valence electrons. The van der Waals surface area contributed by atoms with Gasteiger partial charge in [0.1, 0.15) is 17.8 Å². The Kier molecular flexibility index (Phi) is 7.08. The van der Waals surface area contributed by atoms with Crippen molar-refractivity contribution < 1.29 is 27.4 Å². The topological polar surface area (TPSA) is 104 Å². The normalized spacial score (nSPS) is 11.0. The highest BCUT2D eigenvalue weighted by atomic mass is 19.4. The Hall–Kier alpha value is -3.89. The molecule has 0 aliphatic carbocycles. The summed E-state index contributed by atoms with van der Waals surface area (Å²) in [4.78, 5) is 8.25. The largest absolute Gasteiger partial charge is 0.573 e. The van der Waals surface area contributed by atoms with Crippen LogP contribution in [0.4, 0.5) is 36.2 Å². The molecular weight excluding hydrogens is 427 g/mol. The van der Waals surface area contributed by atoms with E-state index in [1.165, 1.54) is 30.6 Å². The number of alkyl halides is 3. The molecule has 0 saturated carbocycles. The van der Waals surface area contributed by atoms with Gasteiger partial charge in [-0.3, -0.25) is 0 Å². The second-order valence-electron chi connectivity index (χ2n) is 6.55. The third kappa shape index (κ3) is 6.06. The molecule has 0 amide bonds. The van der Waals surface area contributed by atoms with Crippen molar-refractivity contribution in [3.63, 3.8) is 0 Å². The standard InChI is InChI=1S/C21H22F3N5O3/c1-30-16-8-3-13(11-17(16)31-2)9-10-26-19-18(25)20(28-12-27-19)29-14-4-6-15(7-5-14)32-21(22,23)24/h3-8,11-12H,9-10,25H2,1-2H3,(H2,26,27,28,29). The fraction of sp³-hybridized carbons (Fsp3) is 0.238. The summed E-state index contributed by atoms with van der Waals surface area (Å²) in [6, 6.07) is 10.9. The lowest BCUT2D eigenvalue weighted by atomic mass is 10.1. The Labute approximate surface area is 182 Å². The molecule has 1 aromatic heterocycles. The number of nitrogens with two attached hydrogens (primary N) is 1. The molecule has 0 saturated heterocycles. The molecule has 0 atom stereocenters. The van der Waals surface area contributed by atoms with E-state index in [9.17, 15) is 13.2 Å². The molecular formula is C21H22F3N5O3. The Balaban J connectivity index is 1.62. The molecule has 0 bridgehead atoms. The molecule has 0 spiro atoms. The maximum atomic E-state index is 12.3. The van der Waals surface area contributed by atoms with Crippen LogP contribution < -0.4 is 30.6 Å². The van der Waals surface area contributed by atoms with Crippen LogP contribution in [0.2, 0.25) is 0 Å². The number of benzene rings is 2. The molecule has 0 fully saturated rings. The number of aromatic nitrogens is 2. The average molecular weight is 449 g/mol. The van der Waals surface area contributed by atoms with Crippen LogP contribution in [0.5, 0.6) is 17.2 Å². The summed E-state index contributed by atoms with van der Waals surface area (Å²) in [6.45, 7) is 0.541. The molecule has 32 heavy (non-hydrogen) atoms. The summed E-state index contributed by atoms with van der Waals surface area (Å²) in [7, 11) is 3.15. The molecule has 4 N–H and O–H groups in total. The van der Waals surface area contributed by atoms with Crippen molar-refractivity contribution in [2.75, 3.05) is 37.1 Å². The van der Waals surface area contributed by atoms with Gasteiger partial charge in [-0.05, 0) is 48.4 Å². The van der Waals surface area contributed by atoms with Crippen LogP contribution in [0, 0.1) is 0 Å². The molecule has 2 aromatic carbocycles. The zero-order chi connectivity index (χ0) is 23.1. The molecule has 3 rings (SSSR count). The Morgan fingerprint density at radius 3 is 2.28 bits per heavy atom. The zero-order valence-electron chi connectivity index (χ0n) is 17.4. The van der Waals surface area contributed by atoms with Gasteiger partial charge in [0.25, 0.3) is 0 Å². The van der Waals surface area contributed by atoms with Crippen molar-refractivity contribution in [3.05, 3.63) is 54.4 Å². The van der Waals surface area contributed by atoms with Crippen LogP contribution in [0.15, 0.2) is 48.8 Å². The number of nitrogen functional groups attached to an aromatic ring is 1. The fourth-order valence-electron chi connectivity index (χ4n) is 2.87. The lowest BCUT2D eigenvalue weighted by molar-refractivity contribution is -0.274. The maximum Gasteiger partial charge on any atom is 0.573 e. The molecule has 0 radical (unpaired) electrons. The molecule has 8 nitrogen and oxygen atoms in total. The van der Waals surface area contributed by atoms with Gasteiger partial charge in [0.15, 0.2) is 23.1 Å². The summed E-state index contributed by atoms with van der Waals surface area (Å²) in [5.41, 5.74) is 7.94. The van der Waals surface area contributed by atoms with Crippen molar-refractivity contribution in [2.24, 2.45) is 0 Å². The predicted octanol–water partition coefficient (Wildman–Crippen LogP) is 4.37. The molecule has 11 heteroatoms. The van der Waals surface area contributed by atoms with E-state index in [0.29, 0.717) is 41.8 Å². The molecule has 1 heterocycles. The average Bonchev–Trinajstić information content (AvgIpc) is 2.76. The Morgan fingerprint density at radius 2 is 1.62 bits per heavy atom. The van der Waals surface area contributed by atoms with Gasteiger partial charge in [-0.1, -0.05) is 6.07 Å². The van der Waals surface area contributed by atoms with Crippen LogP contribution in [0.1, 0.15) is 5.56 Å². The molecule has 0 unspecified atom stereocenters. The van der Waals surface area contributed by atoms with E-state index in [-0.39, 0.29) is 11.4 Å². The van der Waals surface area contributed by atoms with Gasteiger partial charge >= 0.3 is 6.36 Å². The summed E-state index contributed by atoms with van der Waals surface area (Å²) >= 11 is 0. The number of hydrogen-bond acceptors (Lipinski definition) is 8. The Morgan fingerprint density at radius 1 is 0.938 bits per heavy atom. The number of halogens is 3. The van der Waals surface area contributed by atoms with Crippen molar-refractivity contribution >= 4 is 23.0 Å². The first-order chi connectivity index (χ1) is 15.3. The number of rotatable bonds is 9. The minimum atomic E-state index is -4.75. The maximum absolute atomic E-state index is 12.3. The summed E-state index contributed by atoms with van der Waals surface area (Å²) < 4.78 is 51.2. The van der Waals surface area contributed by atoms with Crippen LogP contribution in [-0.2, 0) is 6.42 Å². The first-order valence-corrected chi connectivity index (χ1v) is 9.47. The Bertz CT molecular complexity index is 1050. The van der Waals surface area contributed by atoms with Crippen LogP contribution in [0.25, 0.3) is 0 Å². The van der Waals surface area contributed by atoms with Gasteiger partial charge in [-0.2, -0.15) is 0 Å². The highest BCUT2D eigenvalue weighted by molar-refractivity contribution is 5.77. The first-order valence-electron chi connectivity index (χ1n) is 9.47. The van der Waals surface area contributed by atoms with Crippen LogP contribution in [0.3, 0.4) is 0 Å². The van der Waals surface area contributed by atoms with Gasteiger partial charge in [0.05, 0.1) is 14.2 Å².